The molecule has 0 spiro atoms. The maximum atomic E-state index is 13.1. The molecule has 0 amide bonds. The normalized spacial score (nSPS) is 11.7. The van der Waals surface area contributed by atoms with E-state index in [4.69, 9.17) is 5.73 Å². The van der Waals surface area contributed by atoms with Gasteiger partial charge in [0.05, 0.1) is 5.52 Å². The number of fused-ring (bicyclic) bond motifs is 3. The van der Waals surface area contributed by atoms with Gasteiger partial charge >= 0.3 is 0 Å². The predicted molar refractivity (Wildman–Crippen MR) is 92.2 cm³/mol. The summed E-state index contributed by atoms with van der Waals surface area (Å²) in [4.78, 5) is 9.14. The molecule has 2 N–H and O–H groups in total. The van der Waals surface area contributed by atoms with Crippen molar-refractivity contribution in [2.24, 2.45) is 0 Å². The Hall–Kier alpha value is -3.02. The van der Waals surface area contributed by atoms with Gasteiger partial charge in [0.1, 0.15) is 5.82 Å². The molecule has 24 heavy (non-hydrogen) atoms. The number of benzene rings is 2. The number of anilines is 1. The Kier molecular flexibility index (Phi) is 3.19. The van der Waals surface area contributed by atoms with E-state index in [1.807, 2.05) is 18.2 Å². The van der Waals surface area contributed by atoms with Gasteiger partial charge < -0.3 is 5.73 Å². The van der Waals surface area contributed by atoms with Crippen LogP contribution in [-0.2, 0) is 0 Å². The molecule has 2 aromatic carbocycles. The van der Waals surface area contributed by atoms with Crippen molar-refractivity contribution < 1.29 is 4.39 Å². The Morgan fingerprint density at radius 3 is 2.50 bits per heavy atom. The molecule has 120 valence electrons. The van der Waals surface area contributed by atoms with E-state index in [2.05, 4.69) is 28.9 Å². The van der Waals surface area contributed by atoms with Crippen molar-refractivity contribution in [3.05, 3.63) is 53.8 Å². The quantitative estimate of drug-likeness (QED) is 0.610. The number of aromatic nitrogens is 4. The highest BCUT2D eigenvalue weighted by molar-refractivity contribution is 5.94. The monoisotopic (exact) mass is 321 g/mol. The van der Waals surface area contributed by atoms with Crippen molar-refractivity contribution in [1.29, 1.82) is 0 Å². The number of nitrogens with zero attached hydrogens (tertiary/aromatic N) is 4. The summed E-state index contributed by atoms with van der Waals surface area (Å²) in [6.45, 7) is 4.23. The Bertz CT molecular complexity index is 1050. The first-order valence-corrected chi connectivity index (χ1v) is 7.75. The molecule has 2 heterocycles. The molecule has 5 nitrogen and oxygen atoms in total. The van der Waals surface area contributed by atoms with Crippen molar-refractivity contribution >= 4 is 22.5 Å². The molecule has 6 heteroatoms. The highest BCUT2D eigenvalue weighted by Gasteiger charge is 2.15. The Morgan fingerprint density at radius 2 is 1.79 bits per heavy atom. The summed E-state index contributed by atoms with van der Waals surface area (Å²) in [5.41, 5.74) is 9.44. The van der Waals surface area contributed by atoms with Gasteiger partial charge in [-0.15, -0.1) is 5.10 Å². The summed E-state index contributed by atoms with van der Waals surface area (Å²) >= 11 is 0. The Balaban J connectivity index is 2.02. The second-order valence-electron chi connectivity index (χ2n) is 6.05. The van der Waals surface area contributed by atoms with Gasteiger partial charge in [0.2, 0.25) is 5.95 Å². The highest BCUT2D eigenvalue weighted by Crippen LogP contribution is 2.28. The smallest absolute Gasteiger partial charge is 0.223 e. The number of para-hydroxylation sites is 1. The number of hydrogen-bond donors (Lipinski definition) is 1. The predicted octanol–water partition coefficient (Wildman–Crippen LogP) is 3.79. The maximum absolute atomic E-state index is 13.1. The molecule has 4 rings (SSSR count). The zero-order chi connectivity index (χ0) is 16.8. The number of rotatable bonds is 2. The molecular weight excluding hydrogens is 305 g/mol. The Morgan fingerprint density at radius 1 is 1.04 bits per heavy atom. The zero-order valence-corrected chi connectivity index (χ0v) is 13.4. The topological polar surface area (TPSA) is 69.1 Å². The van der Waals surface area contributed by atoms with Crippen LogP contribution < -0.4 is 5.73 Å². The van der Waals surface area contributed by atoms with Gasteiger partial charge in [-0.3, -0.25) is 0 Å². The molecule has 4 aromatic rings. The minimum absolute atomic E-state index is 0.284. The van der Waals surface area contributed by atoms with Crippen molar-refractivity contribution in [2.45, 2.75) is 19.8 Å². The van der Waals surface area contributed by atoms with Crippen molar-refractivity contribution in [3.63, 3.8) is 0 Å². The van der Waals surface area contributed by atoms with Gasteiger partial charge in [0.25, 0.3) is 0 Å². The molecule has 0 bridgehead atoms. The molecular formula is C18H16FN5. The molecule has 0 saturated carbocycles. The van der Waals surface area contributed by atoms with Gasteiger partial charge in [0.15, 0.2) is 11.5 Å². The fourth-order valence-electron chi connectivity index (χ4n) is 2.86. The SMILES string of the molecule is CC(C)c1cccc2c1nc(N)n1nc(-c3ccc(F)cc3)nc21. The van der Waals surface area contributed by atoms with Crippen LogP contribution >= 0.6 is 0 Å². The van der Waals surface area contributed by atoms with Crippen LogP contribution in [-0.4, -0.2) is 19.6 Å². The molecule has 0 unspecified atom stereocenters. The van der Waals surface area contributed by atoms with E-state index in [0.717, 1.165) is 22.0 Å². The van der Waals surface area contributed by atoms with Crippen LogP contribution in [0, 0.1) is 5.82 Å². The summed E-state index contributed by atoms with van der Waals surface area (Å²) in [6, 6.07) is 12.1. The molecule has 2 aromatic heterocycles. The number of nitrogens with two attached hydrogens (primary N) is 1. The molecule has 0 aliphatic carbocycles. The first-order valence-electron chi connectivity index (χ1n) is 7.75. The van der Waals surface area contributed by atoms with Crippen molar-refractivity contribution in [3.8, 4) is 11.4 Å². The number of hydrogen-bond acceptors (Lipinski definition) is 4. The van der Waals surface area contributed by atoms with Crippen LogP contribution in [0.5, 0.6) is 0 Å². The molecule has 0 aliphatic rings. The number of nitrogen functional groups attached to an aromatic ring is 1. The second kappa shape index (κ2) is 5.26. The molecule has 0 saturated heterocycles. The summed E-state index contributed by atoms with van der Waals surface area (Å²) in [7, 11) is 0. The van der Waals surface area contributed by atoms with Gasteiger partial charge in [-0.1, -0.05) is 26.0 Å². The summed E-state index contributed by atoms with van der Waals surface area (Å²) in [6.07, 6.45) is 0. The molecule has 0 aliphatic heterocycles. The van der Waals surface area contributed by atoms with Gasteiger partial charge in [-0.05, 0) is 41.8 Å². The van der Waals surface area contributed by atoms with E-state index in [1.165, 1.54) is 16.6 Å². The van der Waals surface area contributed by atoms with E-state index < -0.39 is 0 Å². The minimum Gasteiger partial charge on any atom is -0.368 e. The van der Waals surface area contributed by atoms with Crippen LogP contribution in [0.2, 0.25) is 0 Å². The first kappa shape index (κ1) is 14.6. The summed E-state index contributed by atoms with van der Waals surface area (Å²) < 4.78 is 14.7. The van der Waals surface area contributed by atoms with E-state index in [1.54, 1.807) is 12.1 Å². The molecule has 0 radical (unpaired) electrons. The molecule has 0 fully saturated rings. The van der Waals surface area contributed by atoms with E-state index in [-0.39, 0.29) is 11.8 Å². The van der Waals surface area contributed by atoms with Gasteiger partial charge in [-0.2, -0.15) is 4.52 Å². The third kappa shape index (κ3) is 2.19. The zero-order valence-electron chi connectivity index (χ0n) is 13.4. The van der Waals surface area contributed by atoms with Gasteiger partial charge in [0, 0.05) is 10.9 Å². The minimum atomic E-state index is -0.296. The van der Waals surface area contributed by atoms with Gasteiger partial charge in [-0.25, -0.2) is 14.4 Å². The average molecular weight is 321 g/mol. The lowest BCUT2D eigenvalue weighted by atomic mass is 10.0. The molecule has 0 atom stereocenters. The lowest BCUT2D eigenvalue weighted by Crippen LogP contribution is -2.04. The average Bonchev–Trinajstić information content (AvgIpc) is 3.01. The highest BCUT2D eigenvalue weighted by atomic mass is 19.1. The first-order chi connectivity index (χ1) is 11.5. The lowest BCUT2D eigenvalue weighted by Gasteiger charge is -2.10. The third-order valence-corrected chi connectivity index (χ3v) is 4.08. The second-order valence-corrected chi connectivity index (χ2v) is 6.05. The van der Waals surface area contributed by atoms with E-state index in [0.29, 0.717) is 17.4 Å². The summed E-state index contributed by atoms with van der Waals surface area (Å²) in [5.74, 6) is 0.802. The maximum Gasteiger partial charge on any atom is 0.223 e. The summed E-state index contributed by atoms with van der Waals surface area (Å²) in [5, 5.41) is 5.33. The van der Waals surface area contributed by atoms with E-state index in [9.17, 15) is 4.39 Å². The van der Waals surface area contributed by atoms with Crippen LogP contribution in [0.1, 0.15) is 25.3 Å². The third-order valence-electron chi connectivity index (χ3n) is 4.08. The fourth-order valence-corrected chi connectivity index (χ4v) is 2.86. The van der Waals surface area contributed by atoms with Crippen LogP contribution in [0.15, 0.2) is 42.5 Å². The standard InChI is InChI=1S/C18H16FN5/c1-10(2)13-4-3-5-14-15(13)21-18(20)24-17(14)22-16(23-24)11-6-8-12(19)9-7-11/h3-10H,1-2H3,(H2,20,21). The Labute approximate surface area is 138 Å². The number of halogens is 1. The van der Waals surface area contributed by atoms with Crippen LogP contribution in [0.4, 0.5) is 10.3 Å². The largest absolute Gasteiger partial charge is 0.368 e. The lowest BCUT2D eigenvalue weighted by molar-refractivity contribution is 0.628. The van der Waals surface area contributed by atoms with Crippen LogP contribution in [0.3, 0.4) is 0 Å². The van der Waals surface area contributed by atoms with E-state index >= 15 is 0 Å². The van der Waals surface area contributed by atoms with Crippen molar-refractivity contribution in [1.82, 2.24) is 19.6 Å². The van der Waals surface area contributed by atoms with Crippen LogP contribution in [0.25, 0.3) is 27.9 Å². The fraction of sp³-hybridized carbons (Fsp3) is 0.167. The van der Waals surface area contributed by atoms with Crippen molar-refractivity contribution in [2.75, 3.05) is 5.73 Å².